The van der Waals surface area contributed by atoms with Gasteiger partial charge in [0.05, 0.1) is 25.6 Å². The molecule has 3 aromatic rings. The summed E-state index contributed by atoms with van der Waals surface area (Å²) in [7, 11) is 1.58. The molecule has 30 heavy (non-hydrogen) atoms. The summed E-state index contributed by atoms with van der Waals surface area (Å²) in [5.41, 5.74) is 2.56. The molecule has 0 bridgehead atoms. The lowest BCUT2D eigenvalue weighted by atomic mass is 10.2. The summed E-state index contributed by atoms with van der Waals surface area (Å²) in [6.07, 6.45) is 4.71. The highest BCUT2D eigenvalue weighted by Gasteiger charge is 2.05. The summed E-state index contributed by atoms with van der Waals surface area (Å²) in [5.74, 6) is 2.18. The quantitative estimate of drug-likeness (QED) is 0.520. The molecule has 0 aliphatic carbocycles. The summed E-state index contributed by atoms with van der Waals surface area (Å²) in [6, 6.07) is 16.6. The topological polar surface area (TPSA) is 69.7 Å². The average molecular weight is 404 g/mol. The molecule has 1 heterocycles. The lowest BCUT2D eigenvalue weighted by Crippen LogP contribution is -2.07. The Balaban J connectivity index is 1.58. The molecule has 0 aliphatic rings. The molecular weight excluding hydrogens is 380 g/mol. The van der Waals surface area contributed by atoms with Gasteiger partial charge in [0.1, 0.15) is 5.75 Å². The van der Waals surface area contributed by atoms with Crippen molar-refractivity contribution in [3.8, 4) is 23.1 Å². The smallest absolute Gasteiger partial charge is 0.248 e. The molecule has 1 aromatic heterocycles. The van der Waals surface area contributed by atoms with Crippen LogP contribution in [0.25, 0.3) is 6.08 Å². The van der Waals surface area contributed by atoms with Crippen LogP contribution in [0.4, 0.5) is 5.69 Å². The zero-order valence-corrected chi connectivity index (χ0v) is 17.2. The molecule has 3 rings (SSSR count). The minimum absolute atomic E-state index is 0.267. The van der Waals surface area contributed by atoms with E-state index in [0.717, 1.165) is 11.1 Å². The van der Waals surface area contributed by atoms with Crippen LogP contribution in [-0.4, -0.2) is 24.6 Å². The van der Waals surface area contributed by atoms with Gasteiger partial charge in [-0.1, -0.05) is 23.8 Å². The van der Waals surface area contributed by atoms with Gasteiger partial charge in [0.2, 0.25) is 11.8 Å². The van der Waals surface area contributed by atoms with Crippen LogP contribution in [0.5, 0.6) is 23.1 Å². The Morgan fingerprint density at radius 2 is 1.87 bits per heavy atom. The summed E-state index contributed by atoms with van der Waals surface area (Å²) in [6.45, 7) is 4.48. The normalized spacial score (nSPS) is 10.6. The van der Waals surface area contributed by atoms with Crippen molar-refractivity contribution in [3.05, 3.63) is 78.0 Å². The standard InChI is InChI=1S/C24H24N2O4/c1-4-29-21-12-7-18(15-22(21)28-3)8-13-23(27)26-19-9-14-24(25-16-19)30-20-10-5-17(2)6-11-20/h5-16H,4H2,1-3H3,(H,26,27)/b13-8+. The zero-order valence-electron chi connectivity index (χ0n) is 17.2. The van der Waals surface area contributed by atoms with Gasteiger partial charge in [-0.3, -0.25) is 4.79 Å². The maximum absolute atomic E-state index is 12.2. The van der Waals surface area contributed by atoms with E-state index in [1.807, 2.05) is 56.3 Å². The van der Waals surface area contributed by atoms with Crippen molar-refractivity contribution < 1.29 is 19.0 Å². The molecule has 0 aliphatic heterocycles. The number of amides is 1. The molecule has 0 unspecified atom stereocenters. The van der Waals surface area contributed by atoms with Crippen LogP contribution in [0.3, 0.4) is 0 Å². The van der Waals surface area contributed by atoms with E-state index in [0.29, 0.717) is 35.4 Å². The van der Waals surface area contributed by atoms with Crippen molar-refractivity contribution in [2.75, 3.05) is 19.0 Å². The van der Waals surface area contributed by atoms with E-state index in [1.165, 1.54) is 6.08 Å². The fraction of sp³-hybridized carbons (Fsp3) is 0.167. The van der Waals surface area contributed by atoms with Gasteiger partial charge in [-0.15, -0.1) is 0 Å². The van der Waals surface area contributed by atoms with Gasteiger partial charge < -0.3 is 19.5 Å². The van der Waals surface area contributed by atoms with Crippen LogP contribution in [-0.2, 0) is 4.79 Å². The lowest BCUT2D eigenvalue weighted by Gasteiger charge is -2.09. The van der Waals surface area contributed by atoms with Crippen LogP contribution in [0, 0.1) is 6.92 Å². The first kappa shape index (κ1) is 20.9. The number of ether oxygens (including phenoxy) is 3. The first-order valence-electron chi connectivity index (χ1n) is 9.58. The highest BCUT2D eigenvalue weighted by atomic mass is 16.5. The van der Waals surface area contributed by atoms with Gasteiger partial charge in [0.25, 0.3) is 0 Å². The monoisotopic (exact) mass is 404 g/mol. The number of nitrogens with one attached hydrogen (secondary N) is 1. The molecule has 0 saturated heterocycles. The number of benzene rings is 2. The molecule has 0 spiro atoms. The van der Waals surface area contributed by atoms with Gasteiger partial charge in [0, 0.05) is 12.1 Å². The average Bonchev–Trinajstić information content (AvgIpc) is 2.76. The third-order valence-electron chi connectivity index (χ3n) is 4.16. The van der Waals surface area contributed by atoms with Crippen molar-refractivity contribution in [3.63, 3.8) is 0 Å². The second-order valence-electron chi connectivity index (χ2n) is 6.47. The van der Waals surface area contributed by atoms with Gasteiger partial charge in [-0.05, 0) is 55.8 Å². The number of rotatable bonds is 8. The Kier molecular flexibility index (Phi) is 7.05. The summed E-state index contributed by atoms with van der Waals surface area (Å²) in [5, 5.41) is 2.77. The third-order valence-corrected chi connectivity index (χ3v) is 4.16. The van der Waals surface area contributed by atoms with Gasteiger partial charge in [0.15, 0.2) is 11.5 Å². The zero-order chi connectivity index (χ0) is 21.3. The number of hydrogen-bond acceptors (Lipinski definition) is 5. The minimum atomic E-state index is -0.267. The predicted molar refractivity (Wildman–Crippen MR) is 117 cm³/mol. The Labute approximate surface area is 176 Å². The van der Waals surface area contributed by atoms with E-state index < -0.39 is 0 Å². The van der Waals surface area contributed by atoms with E-state index in [2.05, 4.69) is 10.3 Å². The number of aryl methyl sites for hydroxylation is 1. The summed E-state index contributed by atoms with van der Waals surface area (Å²) in [4.78, 5) is 16.4. The maximum Gasteiger partial charge on any atom is 0.248 e. The molecule has 2 aromatic carbocycles. The van der Waals surface area contributed by atoms with Crippen molar-refractivity contribution in [1.82, 2.24) is 4.98 Å². The maximum atomic E-state index is 12.2. The van der Waals surface area contributed by atoms with Crippen molar-refractivity contribution in [1.29, 1.82) is 0 Å². The lowest BCUT2D eigenvalue weighted by molar-refractivity contribution is -0.111. The molecule has 154 valence electrons. The molecule has 0 saturated carbocycles. The molecule has 0 fully saturated rings. The molecule has 0 radical (unpaired) electrons. The Hall–Kier alpha value is -3.80. The first-order valence-corrected chi connectivity index (χ1v) is 9.58. The first-order chi connectivity index (χ1) is 14.6. The van der Waals surface area contributed by atoms with Crippen molar-refractivity contribution in [2.24, 2.45) is 0 Å². The fourth-order valence-electron chi connectivity index (χ4n) is 2.66. The Morgan fingerprint density at radius 3 is 2.53 bits per heavy atom. The number of pyridine rings is 1. The van der Waals surface area contributed by atoms with E-state index in [9.17, 15) is 4.79 Å². The number of aromatic nitrogens is 1. The number of hydrogen-bond donors (Lipinski definition) is 1. The number of methoxy groups -OCH3 is 1. The molecule has 1 amide bonds. The molecule has 0 atom stereocenters. The predicted octanol–water partition coefficient (Wildman–Crippen LogP) is 5.24. The number of anilines is 1. The fourth-order valence-corrected chi connectivity index (χ4v) is 2.66. The van der Waals surface area contributed by atoms with E-state index in [-0.39, 0.29) is 5.91 Å². The molecule has 6 nitrogen and oxygen atoms in total. The second-order valence-corrected chi connectivity index (χ2v) is 6.47. The number of carbonyl (C=O) groups excluding carboxylic acids is 1. The van der Waals surface area contributed by atoms with E-state index in [1.54, 1.807) is 31.5 Å². The van der Waals surface area contributed by atoms with Crippen molar-refractivity contribution in [2.45, 2.75) is 13.8 Å². The van der Waals surface area contributed by atoms with Crippen LogP contribution in [0.2, 0.25) is 0 Å². The Morgan fingerprint density at radius 1 is 1.07 bits per heavy atom. The van der Waals surface area contributed by atoms with Crippen LogP contribution < -0.4 is 19.5 Å². The summed E-state index contributed by atoms with van der Waals surface area (Å²) >= 11 is 0. The number of nitrogens with zero attached hydrogens (tertiary/aromatic N) is 1. The van der Waals surface area contributed by atoms with Crippen LogP contribution >= 0.6 is 0 Å². The highest BCUT2D eigenvalue weighted by Crippen LogP contribution is 2.28. The van der Waals surface area contributed by atoms with Crippen LogP contribution in [0.1, 0.15) is 18.1 Å². The van der Waals surface area contributed by atoms with Gasteiger partial charge in [-0.2, -0.15) is 0 Å². The van der Waals surface area contributed by atoms with E-state index >= 15 is 0 Å². The van der Waals surface area contributed by atoms with E-state index in [4.69, 9.17) is 14.2 Å². The highest BCUT2D eigenvalue weighted by molar-refractivity contribution is 6.01. The van der Waals surface area contributed by atoms with Crippen LogP contribution in [0.15, 0.2) is 66.9 Å². The molecule has 1 N–H and O–H groups in total. The minimum Gasteiger partial charge on any atom is -0.493 e. The van der Waals surface area contributed by atoms with Gasteiger partial charge in [-0.25, -0.2) is 4.98 Å². The number of carbonyl (C=O) groups is 1. The SMILES string of the molecule is CCOc1ccc(/C=C/C(=O)Nc2ccc(Oc3ccc(C)cc3)nc2)cc1OC. The largest absolute Gasteiger partial charge is 0.493 e. The van der Waals surface area contributed by atoms with Gasteiger partial charge >= 0.3 is 0 Å². The third kappa shape index (κ3) is 5.85. The molecular formula is C24H24N2O4. The molecule has 6 heteroatoms. The Bertz CT molecular complexity index is 1010. The summed E-state index contributed by atoms with van der Waals surface area (Å²) < 4.78 is 16.5. The second kappa shape index (κ2) is 10.1. The van der Waals surface area contributed by atoms with Crippen molar-refractivity contribution >= 4 is 17.7 Å².